The minimum Gasteiger partial charge on any atom is -0.454 e. The van der Waals surface area contributed by atoms with Crippen LogP contribution < -0.4 is 10.1 Å². The SMILES string of the molecule is O=C(Nc1cccc(Cl)n1)c1cc(F)cc(Oc2cncnc2)c1. The monoisotopic (exact) mass is 344 g/mol. The second-order valence-corrected chi connectivity index (χ2v) is 5.04. The lowest BCUT2D eigenvalue weighted by Crippen LogP contribution is -2.13. The maximum absolute atomic E-state index is 13.8. The maximum atomic E-state index is 13.8. The maximum Gasteiger partial charge on any atom is 0.257 e. The average Bonchev–Trinajstić information content (AvgIpc) is 2.55. The summed E-state index contributed by atoms with van der Waals surface area (Å²) in [5.41, 5.74) is 0.0728. The zero-order chi connectivity index (χ0) is 16.9. The highest BCUT2D eigenvalue weighted by Crippen LogP contribution is 2.23. The molecule has 2 heterocycles. The van der Waals surface area contributed by atoms with Gasteiger partial charge in [0.25, 0.3) is 5.91 Å². The Morgan fingerprint density at radius 2 is 1.92 bits per heavy atom. The van der Waals surface area contributed by atoms with Crippen LogP contribution in [0.4, 0.5) is 10.2 Å². The lowest BCUT2D eigenvalue weighted by molar-refractivity contribution is 0.102. The van der Waals surface area contributed by atoms with Gasteiger partial charge in [0.1, 0.15) is 28.9 Å². The minimum atomic E-state index is -0.617. The summed E-state index contributed by atoms with van der Waals surface area (Å²) in [5.74, 6) is -0.428. The lowest BCUT2D eigenvalue weighted by Gasteiger charge is -2.08. The molecule has 0 aliphatic heterocycles. The van der Waals surface area contributed by atoms with Crippen molar-refractivity contribution in [2.75, 3.05) is 5.32 Å². The molecule has 6 nitrogen and oxygen atoms in total. The molecule has 0 bridgehead atoms. The van der Waals surface area contributed by atoms with E-state index < -0.39 is 11.7 Å². The van der Waals surface area contributed by atoms with Crippen molar-refractivity contribution in [3.05, 3.63) is 71.7 Å². The number of hydrogen-bond acceptors (Lipinski definition) is 5. The number of benzene rings is 1. The van der Waals surface area contributed by atoms with Gasteiger partial charge in [-0.25, -0.2) is 19.3 Å². The number of halogens is 2. The molecule has 0 spiro atoms. The summed E-state index contributed by atoms with van der Waals surface area (Å²) in [5, 5.41) is 2.77. The third-order valence-corrected chi connectivity index (χ3v) is 3.07. The summed E-state index contributed by atoms with van der Waals surface area (Å²) in [6.45, 7) is 0. The van der Waals surface area contributed by atoms with Gasteiger partial charge in [-0.3, -0.25) is 4.79 Å². The van der Waals surface area contributed by atoms with Crippen LogP contribution in [0, 0.1) is 5.82 Å². The highest BCUT2D eigenvalue weighted by molar-refractivity contribution is 6.29. The van der Waals surface area contributed by atoms with E-state index in [-0.39, 0.29) is 22.3 Å². The summed E-state index contributed by atoms with van der Waals surface area (Å²) in [7, 11) is 0. The van der Waals surface area contributed by atoms with E-state index in [1.165, 1.54) is 24.8 Å². The molecule has 24 heavy (non-hydrogen) atoms. The first-order valence-corrected chi connectivity index (χ1v) is 7.15. The number of carbonyl (C=O) groups is 1. The van der Waals surface area contributed by atoms with E-state index in [9.17, 15) is 9.18 Å². The van der Waals surface area contributed by atoms with E-state index in [4.69, 9.17) is 16.3 Å². The summed E-state index contributed by atoms with van der Waals surface area (Å²) < 4.78 is 19.2. The van der Waals surface area contributed by atoms with E-state index in [0.29, 0.717) is 5.75 Å². The Kier molecular flexibility index (Phi) is 4.62. The largest absolute Gasteiger partial charge is 0.454 e. The smallest absolute Gasteiger partial charge is 0.257 e. The number of ether oxygens (including phenoxy) is 1. The highest BCUT2D eigenvalue weighted by atomic mass is 35.5. The summed E-state index contributed by atoms with van der Waals surface area (Å²) in [4.78, 5) is 23.8. The molecule has 0 fully saturated rings. The van der Waals surface area contributed by atoms with E-state index >= 15 is 0 Å². The van der Waals surface area contributed by atoms with Gasteiger partial charge in [-0.1, -0.05) is 17.7 Å². The van der Waals surface area contributed by atoms with Crippen molar-refractivity contribution in [1.82, 2.24) is 15.0 Å². The Morgan fingerprint density at radius 1 is 1.12 bits per heavy atom. The van der Waals surface area contributed by atoms with Crippen LogP contribution in [0.2, 0.25) is 5.15 Å². The zero-order valence-electron chi connectivity index (χ0n) is 12.1. The average molecular weight is 345 g/mol. The molecule has 3 rings (SSSR count). The molecular formula is C16H10ClFN4O2. The number of aromatic nitrogens is 3. The van der Waals surface area contributed by atoms with Crippen molar-refractivity contribution in [2.24, 2.45) is 0 Å². The Balaban J connectivity index is 1.81. The van der Waals surface area contributed by atoms with Crippen LogP contribution in [0.25, 0.3) is 0 Å². The topological polar surface area (TPSA) is 77.0 Å². The molecule has 120 valence electrons. The Bertz CT molecular complexity index is 877. The predicted molar refractivity (Wildman–Crippen MR) is 85.7 cm³/mol. The number of rotatable bonds is 4. The lowest BCUT2D eigenvalue weighted by atomic mass is 10.2. The number of amides is 1. The number of carbonyl (C=O) groups excluding carboxylic acids is 1. The molecule has 0 saturated heterocycles. The first-order valence-electron chi connectivity index (χ1n) is 6.77. The van der Waals surface area contributed by atoms with Gasteiger partial charge < -0.3 is 10.1 Å². The molecule has 1 aromatic carbocycles. The Morgan fingerprint density at radius 3 is 2.67 bits per heavy atom. The van der Waals surface area contributed by atoms with Gasteiger partial charge in [0.15, 0.2) is 5.75 Å². The van der Waals surface area contributed by atoms with Crippen molar-refractivity contribution >= 4 is 23.3 Å². The van der Waals surface area contributed by atoms with Gasteiger partial charge in [0.2, 0.25) is 0 Å². The normalized spacial score (nSPS) is 10.2. The van der Waals surface area contributed by atoms with Gasteiger partial charge in [-0.15, -0.1) is 0 Å². The summed E-state index contributed by atoms with van der Waals surface area (Å²) in [6, 6.07) is 8.43. The fourth-order valence-corrected chi connectivity index (χ4v) is 2.06. The quantitative estimate of drug-likeness (QED) is 0.730. The third kappa shape index (κ3) is 4.02. The van der Waals surface area contributed by atoms with Crippen molar-refractivity contribution in [3.8, 4) is 11.5 Å². The number of hydrogen-bond donors (Lipinski definition) is 1. The fraction of sp³-hybridized carbons (Fsp3) is 0. The standard InChI is InChI=1S/C16H10ClFN4O2/c17-14-2-1-3-15(21-14)22-16(23)10-4-11(18)6-12(5-10)24-13-7-19-9-20-8-13/h1-9H,(H,21,22,23). The fourth-order valence-electron chi connectivity index (χ4n) is 1.89. The molecule has 3 aromatic rings. The molecule has 0 saturated carbocycles. The summed E-state index contributed by atoms with van der Waals surface area (Å²) in [6.07, 6.45) is 4.19. The molecule has 0 radical (unpaired) electrons. The molecule has 1 N–H and O–H groups in total. The third-order valence-electron chi connectivity index (χ3n) is 2.86. The van der Waals surface area contributed by atoms with Crippen molar-refractivity contribution in [3.63, 3.8) is 0 Å². The first-order chi connectivity index (χ1) is 11.6. The van der Waals surface area contributed by atoms with Crippen LogP contribution in [-0.4, -0.2) is 20.9 Å². The van der Waals surface area contributed by atoms with Crippen LogP contribution in [-0.2, 0) is 0 Å². The van der Waals surface area contributed by atoms with Gasteiger partial charge in [-0.2, -0.15) is 0 Å². The van der Waals surface area contributed by atoms with Gasteiger partial charge in [0, 0.05) is 11.6 Å². The molecule has 8 heteroatoms. The van der Waals surface area contributed by atoms with Gasteiger partial charge >= 0.3 is 0 Å². The van der Waals surface area contributed by atoms with Crippen LogP contribution in [0.1, 0.15) is 10.4 Å². The zero-order valence-corrected chi connectivity index (χ0v) is 12.9. The summed E-state index contributed by atoms with van der Waals surface area (Å²) >= 11 is 5.76. The number of nitrogens with zero attached hydrogens (tertiary/aromatic N) is 3. The van der Waals surface area contributed by atoms with Gasteiger partial charge in [0.05, 0.1) is 12.4 Å². The van der Waals surface area contributed by atoms with E-state index in [1.54, 1.807) is 18.2 Å². The molecule has 0 atom stereocenters. The predicted octanol–water partition coefficient (Wildman–Crippen LogP) is 3.71. The molecule has 0 aliphatic carbocycles. The van der Waals surface area contributed by atoms with Crippen molar-refractivity contribution in [1.29, 1.82) is 0 Å². The van der Waals surface area contributed by atoms with Crippen molar-refractivity contribution < 1.29 is 13.9 Å². The minimum absolute atomic E-state index is 0.0728. The van der Waals surface area contributed by atoms with E-state index in [0.717, 1.165) is 12.1 Å². The molecular weight excluding hydrogens is 335 g/mol. The Labute approximate surface area is 141 Å². The molecule has 0 unspecified atom stereocenters. The van der Waals surface area contributed by atoms with Crippen LogP contribution >= 0.6 is 11.6 Å². The molecule has 2 aromatic heterocycles. The van der Waals surface area contributed by atoms with E-state index in [2.05, 4.69) is 20.3 Å². The van der Waals surface area contributed by atoms with Gasteiger partial charge in [-0.05, 0) is 24.3 Å². The second-order valence-electron chi connectivity index (χ2n) is 4.65. The van der Waals surface area contributed by atoms with Crippen LogP contribution in [0.5, 0.6) is 11.5 Å². The second kappa shape index (κ2) is 7.01. The van der Waals surface area contributed by atoms with E-state index in [1.807, 2.05) is 0 Å². The first kappa shape index (κ1) is 15.8. The van der Waals surface area contributed by atoms with Crippen LogP contribution in [0.3, 0.4) is 0 Å². The number of nitrogens with one attached hydrogen (secondary N) is 1. The Hall–Kier alpha value is -3.06. The highest BCUT2D eigenvalue weighted by Gasteiger charge is 2.11. The van der Waals surface area contributed by atoms with Crippen molar-refractivity contribution in [2.45, 2.75) is 0 Å². The molecule has 1 amide bonds. The molecule has 0 aliphatic rings. The van der Waals surface area contributed by atoms with Crippen LogP contribution in [0.15, 0.2) is 55.1 Å². The number of pyridine rings is 1. The number of anilines is 1.